The van der Waals surface area contributed by atoms with E-state index in [4.69, 9.17) is 0 Å². The third-order valence-electron chi connectivity index (χ3n) is 4.49. The van der Waals surface area contributed by atoms with E-state index < -0.39 is 10.0 Å². The lowest BCUT2D eigenvalue weighted by atomic mass is 9.92. The van der Waals surface area contributed by atoms with Crippen LogP contribution in [0.3, 0.4) is 0 Å². The predicted octanol–water partition coefficient (Wildman–Crippen LogP) is 2.74. The molecule has 0 radical (unpaired) electrons. The third-order valence-corrected chi connectivity index (χ3v) is 5.84. The van der Waals surface area contributed by atoms with E-state index in [0.29, 0.717) is 16.9 Å². The topological polar surface area (TPSA) is 84.0 Å². The predicted molar refractivity (Wildman–Crippen MR) is 119 cm³/mol. The van der Waals surface area contributed by atoms with Gasteiger partial charge in [-0.3, -0.25) is 4.72 Å². The SMILES string of the molecule is Bc1cc(C)ccc1Nc1nc2ccccc2nc1NS(=O)(=O)c1ccccc1. The largest absolute Gasteiger partial charge is 0.338 e. The van der Waals surface area contributed by atoms with Gasteiger partial charge in [0.1, 0.15) is 7.85 Å². The molecular weight excluding hydrogens is 383 g/mol. The molecule has 0 bridgehead atoms. The van der Waals surface area contributed by atoms with Crippen molar-refractivity contribution in [3.8, 4) is 0 Å². The Balaban J connectivity index is 1.80. The van der Waals surface area contributed by atoms with Gasteiger partial charge >= 0.3 is 0 Å². The van der Waals surface area contributed by atoms with Crippen molar-refractivity contribution >= 4 is 51.7 Å². The van der Waals surface area contributed by atoms with E-state index in [1.807, 2.05) is 51.2 Å². The second kappa shape index (κ2) is 7.56. The van der Waals surface area contributed by atoms with E-state index in [1.54, 1.807) is 24.3 Å². The lowest BCUT2D eigenvalue weighted by Gasteiger charge is -2.15. The molecule has 0 saturated carbocycles. The molecule has 8 heteroatoms. The van der Waals surface area contributed by atoms with Crippen LogP contribution in [0.15, 0.2) is 77.7 Å². The van der Waals surface area contributed by atoms with Gasteiger partial charge in [0.25, 0.3) is 10.0 Å². The molecule has 0 amide bonds. The molecule has 144 valence electrons. The third kappa shape index (κ3) is 4.07. The van der Waals surface area contributed by atoms with Crippen LogP contribution < -0.4 is 15.5 Å². The molecule has 4 aromatic rings. The Morgan fingerprint density at radius 1 is 0.828 bits per heavy atom. The number of benzene rings is 3. The average Bonchev–Trinajstić information content (AvgIpc) is 2.71. The monoisotopic (exact) mass is 402 g/mol. The van der Waals surface area contributed by atoms with Gasteiger partial charge in [0.15, 0.2) is 11.6 Å². The van der Waals surface area contributed by atoms with E-state index in [1.165, 1.54) is 12.1 Å². The smallest absolute Gasteiger partial charge is 0.263 e. The summed E-state index contributed by atoms with van der Waals surface area (Å²) in [6.07, 6.45) is 0. The van der Waals surface area contributed by atoms with Crippen LogP contribution >= 0.6 is 0 Å². The van der Waals surface area contributed by atoms with Gasteiger partial charge in [-0.25, -0.2) is 18.4 Å². The minimum atomic E-state index is -3.81. The first-order valence-corrected chi connectivity index (χ1v) is 10.6. The van der Waals surface area contributed by atoms with Crippen molar-refractivity contribution < 1.29 is 8.42 Å². The summed E-state index contributed by atoms with van der Waals surface area (Å²) in [6.45, 7) is 2.02. The van der Waals surface area contributed by atoms with Gasteiger partial charge in [0, 0.05) is 5.69 Å². The zero-order valence-corrected chi connectivity index (χ0v) is 16.9. The van der Waals surface area contributed by atoms with Crippen molar-refractivity contribution in [2.24, 2.45) is 0 Å². The highest BCUT2D eigenvalue weighted by Gasteiger charge is 2.19. The van der Waals surface area contributed by atoms with Crippen LogP contribution in [-0.2, 0) is 10.0 Å². The molecule has 0 fully saturated rings. The van der Waals surface area contributed by atoms with Crippen molar-refractivity contribution in [1.82, 2.24) is 9.97 Å². The molecule has 6 nitrogen and oxygen atoms in total. The average molecular weight is 402 g/mol. The van der Waals surface area contributed by atoms with Crippen LogP contribution in [0.2, 0.25) is 0 Å². The maximum Gasteiger partial charge on any atom is 0.263 e. The fourth-order valence-corrected chi connectivity index (χ4v) is 4.06. The van der Waals surface area contributed by atoms with E-state index >= 15 is 0 Å². The zero-order chi connectivity index (χ0) is 20.4. The highest BCUT2D eigenvalue weighted by atomic mass is 32.2. The van der Waals surface area contributed by atoms with Crippen LogP contribution in [0.25, 0.3) is 11.0 Å². The summed E-state index contributed by atoms with van der Waals surface area (Å²) in [6, 6.07) is 21.5. The lowest BCUT2D eigenvalue weighted by Crippen LogP contribution is -2.17. The number of sulfonamides is 1. The molecule has 29 heavy (non-hydrogen) atoms. The highest BCUT2D eigenvalue weighted by molar-refractivity contribution is 7.92. The summed E-state index contributed by atoms with van der Waals surface area (Å²) in [4.78, 5) is 9.28. The van der Waals surface area contributed by atoms with E-state index in [9.17, 15) is 8.42 Å². The Labute approximate surface area is 170 Å². The van der Waals surface area contributed by atoms with Crippen LogP contribution in [0.5, 0.6) is 0 Å². The number of rotatable bonds is 5. The Morgan fingerprint density at radius 2 is 1.45 bits per heavy atom. The molecule has 1 heterocycles. The summed E-state index contributed by atoms with van der Waals surface area (Å²) in [7, 11) is -1.82. The summed E-state index contributed by atoms with van der Waals surface area (Å²) >= 11 is 0. The van der Waals surface area contributed by atoms with Crippen molar-refractivity contribution in [2.45, 2.75) is 11.8 Å². The molecule has 0 saturated heterocycles. The van der Waals surface area contributed by atoms with Gasteiger partial charge in [-0.1, -0.05) is 53.5 Å². The molecule has 4 rings (SSSR count). The van der Waals surface area contributed by atoms with Crippen molar-refractivity contribution in [3.63, 3.8) is 0 Å². The Morgan fingerprint density at radius 3 is 2.10 bits per heavy atom. The molecule has 0 unspecified atom stereocenters. The molecule has 2 N–H and O–H groups in total. The maximum atomic E-state index is 12.8. The molecule has 0 aliphatic carbocycles. The number of hydrogen-bond donors (Lipinski definition) is 2. The van der Waals surface area contributed by atoms with E-state index in [0.717, 1.165) is 16.7 Å². The lowest BCUT2D eigenvalue weighted by molar-refractivity contribution is 0.601. The Kier molecular flexibility index (Phi) is 4.94. The minimum Gasteiger partial charge on any atom is -0.338 e. The summed E-state index contributed by atoms with van der Waals surface area (Å²) in [5, 5.41) is 3.23. The van der Waals surface area contributed by atoms with E-state index in [2.05, 4.69) is 20.0 Å². The summed E-state index contributed by atoms with van der Waals surface area (Å²) < 4.78 is 28.3. The first kappa shape index (κ1) is 19.0. The summed E-state index contributed by atoms with van der Waals surface area (Å²) in [5.74, 6) is 0.489. The standard InChI is InChI=1S/C21H19BN4O2S/c1-14-11-12-17(16(22)13-14)23-20-21(25-19-10-6-5-9-18(19)24-20)26-29(27,28)15-7-3-2-4-8-15/h2-13H,22H2,1H3,(H,23,24)(H,25,26). The number of anilines is 3. The van der Waals surface area contributed by atoms with Crippen molar-refractivity contribution in [1.29, 1.82) is 0 Å². The molecule has 0 spiro atoms. The maximum absolute atomic E-state index is 12.8. The van der Waals surface area contributed by atoms with Gasteiger partial charge in [-0.05, 0) is 37.3 Å². The van der Waals surface area contributed by atoms with Gasteiger partial charge < -0.3 is 5.32 Å². The molecular formula is C21H19BN4O2S. The fraction of sp³-hybridized carbons (Fsp3) is 0.0476. The van der Waals surface area contributed by atoms with Crippen LogP contribution in [-0.4, -0.2) is 26.2 Å². The Hall–Kier alpha value is -3.39. The normalized spacial score (nSPS) is 11.3. The summed E-state index contributed by atoms with van der Waals surface area (Å²) in [5.41, 5.74) is 4.27. The zero-order valence-electron chi connectivity index (χ0n) is 16.0. The van der Waals surface area contributed by atoms with Crippen molar-refractivity contribution in [3.05, 3.63) is 78.4 Å². The Bertz CT molecular complexity index is 1290. The van der Waals surface area contributed by atoms with Gasteiger partial charge in [0.05, 0.1) is 15.9 Å². The van der Waals surface area contributed by atoms with Crippen LogP contribution in [0.1, 0.15) is 5.56 Å². The van der Waals surface area contributed by atoms with Crippen LogP contribution in [0.4, 0.5) is 17.3 Å². The number of nitrogens with one attached hydrogen (secondary N) is 2. The first-order chi connectivity index (χ1) is 13.9. The molecule has 3 aromatic carbocycles. The molecule has 1 aromatic heterocycles. The minimum absolute atomic E-state index is 0.146. The molecule has 0 atom stereocenters. The van der Waals surface area contributed by atoms with E-state index in [-0.39, 0.29) is 10.7 Å². The molecule has 0 aliphatic rings. The number of fused-ring (bicyclic) bond motifs is 1. The quantitative estimate of drug-likeness (QED) is 0.502. The number of nitrogens with zero attached hydrogens (tertiary/aromatic N) is 2. The van der Waals surface area contributed by atoms with Gasteiger partial charge in [-0.2, -0.15) is 0 Å². The molecule has 0 aliphatic heterocycles. The number of hydrogen-bond acceptors (Lipinski definition) is 5. The number of aromatic nitrogens is 2. The van der Waals surface area contributed by atoms with Crippen LogP contribution in [0, 0.1) is 6.92 Å². The first-order valence-electron chi connectivity index (χ1n) is 9.11. The van der Waals surface area contributed by atoms with Gasteiger partial charge in [-0.15, -0.1) is 0 Å². The highest BCUT2D eigenvalue weighted by Crippen LogP contribution is 2.26. The number of para-hydroxylation sites is 2. The van der Waals surface area contributed by atoms with Gasteiger partial charge in [0.2, 0.25) is 0 Å². The second-order valence-electron chi connectivity index (χ2n) is 6.77. The van der Waals surface area contributed by atoms with Crippen molar-refractivity contribution in [2.75, 3.05) is 10.0 Å². The number of aryl methyl sites for hydroxylation is 1. The fourth-order valence-electron chi connectivity index (χ4n) is 3.03. The second-order valence-corrected chi connectivity index (χ2v) is 8.45.